The van der Waals surface area contributed by atoms with Gasteiger partial charge in [-0.2, -0.15) is 0 Å². The molecule has 21 heavy (non-hydrogen) atoms. The third-order valence-electron chi connectivity index (χ3n) is 2.94. The number of ether oxygens (including phenoxy) is 1. The lowest BCUT2D eigenvalue weighted by Crippen LogP contribution is -2.07. The molecule has 6 heteroatoms. The fourth-order valence-corrected chi connectivity index (χ4v) is 2.53. The summed E-state index contributed by atoms with van der Waals surface area (Å²) in [6.07, 6.45) is 1.10. The minimum Gasteiger partial charge on any atom is -0.454 e. The number of rotatable bonds is 4. The molecule has 4 nitrogen and oxygen atoms in total. The van der Waals surface area contributed by atoms with Gasteiger partial charge in [0, 0.05) is 17.9 Å². The van der Waals surface area contributed by atoms with Crippen molar-refractivity contribution in [3.63, 3.8) is 0 Å². The Kier molecular flexibility index (Phi) is 4.29. The maximum absolute atomic E-state index is 13.9. The Bertz CT molecular complexity index is 757. The van der Waals surface area contributed by atoms with Crippen molar-refractivity contribution in [3.8, 4) is 11.5 Å². The molecule has 0 aliphatic rings. The first kappa shape index (κ1) is 15.5. The van der Waals surface area contributed by atoms with Crippen LogP contribution in [0.25, 0.3) is 0 Å². The highest BCUT2D eigenvalue weighted by atomic mass is 32.2. The van der Waals surface area contributed by atoms with Gasteiger partial charge in [-0.3, -0.25) is 0 Å². The van der Waals surface area contributed by atoms with Crippen molar-refractivity contribution >= 4 is 9.84 Å². The fourth-order valence-electron chi connectivity index (χ4n) is 1.88. The standard InChI is InChI=1S/C15H16FNO3S/c1-10(17)13-7-4-8-14(16)15(13)20-11-5-3-6-12(9-11)21(2,18)19/h3-10H,17H2,1-2H3/t10-/m0/s1. The highest BCUT2D eigenvalue weighted by molar-refractivity contribution is 7.90. The predicted molar refractivity (Wildman–Crippen MR) is 78.6 cm³/mol. The van der Waals surface area contributed by atoms with Crippen LogP contribution in [0.2, 0.25) is 0 Å². The van der Waals surface area contributed by atoms with E-state index in [0.29, 0.717) is 5.56 Å². The number of benzene rings is 2. The van der Waals surface area contributed by atoms with Crippen LogP contribution in [0, 0.1) is 5.82 Å². The minimum atomic E-state index is -3.35. The van der Waals surface area contributed by atoms with E-state index in [1.807, 2.05) is 0 Å². The Labute approximate surface area is 123 Å². The van der Waals surface area contributed by atoms with E-state index in [9.17, 15) is 12.8 Å². The summed E-state index contributed by atoms with van der Waals surface area (Å²) >= 11 is 0. The Morgan fingerprint density at radius 3 is 2.48 bits per heavy atom. The summed E-state index contributed by atoms with van der Waals surface area (Å²) in [4.78, 5) is 0.110. The summed E-state index contributed by atoms with van der Waals surface area (Å²) in [5, 5.41) is 0. The van der Waals surface area contributed by atoms with Crippen molar-refractivity contribution in [2.24, 2.45) is 5.73 Å². The SMILES string of the molecule is C[C@H](N)c1cccc(F)c1Oc1cccc(S(C)(=O)=O)c1. The molecule has 0 radical (unpaired) electrons. The highest BCUT2D eigenvalue weighted by Crippen LogP contribution is 2.32. The smallest absolute Gasteiger partial charge is 0.175 e. The molecular formula is C15H16FNO3S. The summed E-state index contributed by atoms with van der Waals surface area (Å²) in [6.45, 7) is 1.72. The second-order valence-electron chi connectivity index (χ2n) is 4.80. The number of hydrogen-bond donors (Lipinski definition) is 1. The molecular weight excluding hydrogens is 293 g/mol. The van der Waals surface area contributed by atoms with Crippen LogP contribution in [0.5, 0.6) is 11.5 Å². The molecule has 2 aromatic carbocycles. The molecule has 0 amide bonds. The van der Waals surface area contributed by atoms with Crippen LogP contribution in [0.1, 0.15) is 18.5 Å². The number of para-hydroxylation sites is 1. The Balaban J connectivity index is 2.44. The van der Waals surface area contributed by atoms with Gasteiger partial charge in [-0.25, -0.2) is 12.8 Å². The van der Waals surface area contributed by atoms with Gasteiger partial charge < -0.3 is 10.5 Å². The van der Waals surface area contributed by atoms with Crippen molar-refractivity contribution in [1.82, 2.24) is 0 Å². The van der Waals surface area contributed by atoms with Gasteiger partial charge in [-0.05, 0) is 31.2 Å². The van der Waals surface area contributed by atoms with Crippen molar-refractivity contribution < 1.29 is 17.5 Å². The topological polar surface area (TPSA) is 69.4 Å². The van der Waals surface area contributed by atoms with E-state index in [2.05, 4.69) is 0 Å². The third kappa shape index (κ3) is 3.59. The first-order chi connectivity index (χ1) is 9.79. The summed E-state index contributed by atoms with van der Waals surface area (Å²) in [6, 6.07) is 9.99. The van der Waals surface area contributed by atoms with E-state index >= 15 is 0 Å². The molecule has 0 fully saturated rings. The molecule has 0 bridgehead atoms. The summed E-state index contributed by atoms with van der Waals surface area (Å²) in [7, 11) is -3.35. The van der Waals surface area contributed by atoms with Crippen molar-refractivity contribution in [2.45, 2.75) is 17.9 Å². The van der Waals surface area contributed by atoms with E-state index in [-0.39, 0.29) is 16.4 Å². The van der Waals surface area contributed by atoms with Crippen LogP contribution in [-0.2, 0) is 9.84 Å². The maximum atomic E-state index is 13.9. The van der Waals surface area contributed by atoms with E-state index in [1.165, 1.54) is 24.3 Å². The molecule has 0 aliphatic heterocycles. The normalized spacial score (nSPS) is 13.0. The Morgan fingerprint density at radius 2 is 1.86 bits per heavy atom. The number of hydrogen-bond acceptors (Lipinski definition) is 4. The van der Waals surface area contributed by atoms with Crippen LogP contribution < -0.4 is 10.5 Å². The quantitative estimate of drug-likeness (QED) is 0.942. The number of sulfone groups is 1. The summed E-state index contributed by atoms with van der Waals surface area (Å²) < 4.78 is 42.5. The van der Waals surface area contributed by atoms with E-state index in [4.69, 9.17) is 10.5 Å². The van der Waals surface area contributed by atoms with Gasteiger partial charge in [0.15, 0.2) is 21.4 Å². The average molecular weight is 309 g/mol. The molecule has 1 atom stereocenters. The maximum Gasteiger partial charge on any atom is 0.175 e. The Hall–Kier alpha value is -1.92. The molecule has 0 saturated carbocycles. The van der Waals surface area contributed by atoms with Gasteiger partial charge in [-0.1, -0.05) is 18.2 Å². The lowest BCUT2D eigenvalue weighted by Gasteiger charge is -2.14. The zero-order valence-electron chi connectivity index (χ0n) is 11.7. The zero-order valence-corrected chi connectivity index (χ0v) is 12.5. The molecule has 0 spiro atoms. The molecule has 0 heterocycles. The molecule has 2 rings (SSSR count). The van der Waals surface area contributed by atoms with Gasteiger partial charge in [0.2, 0.25) is 0 Å². The third-order valence-corrected chi connectivity index (χ3v) is 4.05. The first-order valence-electron chi connectivity index (χ1n) is 6.31. The molecule has 0 unspecified atom stereocenters. The molecule has 0 aliphatic carbocycles. The summed E-state index contributed by atoms with van der Waals surface area (Å²) in [5.74, 6) is -0.294. The molecule has 112 valence electrons. The summed E-state index contributed by atoms with van der Waals surface area (Å²) in [5.41, 5.74) is 6.31. The number of nitrogens with two attached hydrogens (primary N) is 1. The van der Waals surface area contributed by atoms with Crippen LogP contribution >= 0.6 is 0 Å². The monoisotopic (exact) mass is 309 g/mol. The molecule has 2 aromatic rings. The fraction of sp³-hybridized carbons (Fsp3) is 0.200. The predicted octanol–water partition coefficient (Wildman–Crippen LogP) is 3.04. The van der Waals surface area contributed by atoms with Crippen molar-refractivity contribution in [3.05, 3.63) is 53.8 Å². The largest absolute Gasteiger partial charge is 0.454 e. The lowest BCUT2D eigenvalue weighted by molar-refractivity contribution is 0.431. The Morgan fingerprint density at radius 1 is 1.19 bits per heavy atom. The molecule has 0 saturated heterocycles. The average Bonchev–Trinajstić information content (AvgIpc) is 2.40. The lowest BCUT2D eigenvalue weighted by atomic mass is 10.1. The van der Waals surface area contributed by atoms with E-state index < -0.39 is 21.7 Å². The minimum absolute atomic E-state index is 0.0122. The van der Waals surface area contributed by atoms with Crippen molar-refractivity contribution in [2.75, 3.05) is 6.26 Å². The second kappa shape index (κ2) is 5.83. The van der Waals surface area contributed by atoms with Gasteiger partial charge in [0.25, 0.3) is 0 Å². The first-order valence-corrected chi connectivity index (χ1v) is 8.20. The number of halogens is 1. The van der Waals surface area contributed by atoms with Crippen molar-refractivity contribution in [1.29, 1.82) is 0 Å². The highest BCUT2D eigenvalue weighted by Gasteiger charge is 2.15. The van der Waals surface area contributed by atoms with Crippen LogP contribution in [0.4, 0.5) is 4.39 Å². The van der Waals surface area contributed by atoms with Crippen LogP contribution in [-0.4, -0.2) is 14.7 Å². The van der Waals surface area contributed by atoms with Crippen LogP contribution in [0.15, 0.2) is 47.4 Å². The molecule has 2 N–H and O–H groups in total. The van der Waals surface area contributed by atoms with E-state index in [0.717, 1.165) is 6.26 Å². The zero-order chi connectivity index (χ0) is 15.6. The molecule has 0 aromatic heterocycles. The van der Waals surface area contributed by atoms with Crippen LogP contribution in [0.3, 0.4) is 0 Å². The van der Waals surface area contributed by atoms with Gasteiger partial charge in [0.1, 0.15) is 5.75 Å². The van der Waals surface area contributed by atoms with Gasteiger partial charge >= 0.3 is 0 Å². The second-order valence-corrected chi connectivity index (χ2v) is 6.81. The van der Waals surface area contributed by atoms with Gasteiger partial charge in [0.05, 0.1) is 4.90 Å². The van der Waals surface area contributed by atoms with E-state index in [1.54, 1.807) is 25.1 Å². The van der Waals surface area contributed by atoms with Gasteiger partial charge in [-0.15, -0.1) is 0 Å².